The Kier molecular flexibility index (Phi) is 4.79. The summed E-state index contributed by atoms with van der Waals surface area (Å²) in [6, 6.07) is 1.42. The van der Waals surface area contributed by atoms with E-state index >= 15 is 0 Å². The van der Waals surface area contributed by atoms with E-state index in [0.717, 1.165) is 13.0 Å². The number of aromatic nitrogens is 1. The van der Waals surface area contributed by atoms with Crippen LogP contribution in [0.2, 0.25) is 0 Å². The Morgan fingerprint density at radius 3 is 3.00 bits per heavy atom. The van der Waals surface area contributed by atoms with E-state index in [1.165, 1.54) is 6.07 Å². The highest BCUT2D eigenvalue weighted by Crippen LogP contribution is 2.02. The van der Waals surface area contributed by atoms with Gasteiger partial charge in [0.1, 0.15) is 6.61 Å². The van der Waals surface area contributed by atoms with Crippen LogP contribution in [-0.2, 0) is 6.61 Å². The summed E-state index contributed by atoms with van der Waals surface area (Å²) >= 11 is 0. The van der Waals surface area contributed by atoms with Gasteiger partial charge < -0.3 is 20.3 Å². The maximum atomic E-state index is 11.4. The van der Waals surface area contributed by atoms with Crippen LogP contribution in [0.1, 0.15) is 22.7 Å². The summed E-state index contributed by atoms with van der Waals surface area (Å²) in [6.45, 7) is 1.18. The minimum atomic E-state index is -0.283. The van der Waals surface area contributed by atoms with Crippen molar-refractivity contribution in [3.05, 3.63) is 17.5 Å². The molecular weight excluding hydrogens is 198 g/mol. The molecule has 0 aliphatic carbocycles. The molecule has 0 aliphatic heterocycles. The van der Waals surface area contributed by atoms with Gasteiger partial charge in [-0.05, 0) is 20.0 Å². The van der Waals surface area contributed by atoms with Crippen LogP contribution < -0.4 is 10.6 Å². The fraction of sp³-hybridized carbons (Fsp3) is 0.556. The zero-order valence-electron chi connectivity index (χ0n) is 8.62. The highest BCUT2D eigenvalue weighted by Gasteiger charge is 2.10. The lowest BCUT2D eigenvalue weighted by Crippen LogP contribution is -2.26. The number of hydrogen-bond donors (Lipinski definition) is 3. The second kappa shape index (κ2) is 6.15. The van der Waals surface area contributed by atoms with E-state index in [1.54, 1.807) is 0 Å². The van der Waals surface area contributed by atoms with Crippen molar-refractivity contribution in [1.29, 1.82) is 0 Å². The molecule has 0 aromatic carbocycles. The van der Waals surface area contributed by atoms with Crippen molar-refractivity contribution in [3.8, 4) is 0 Å². The number of carbonyl (C=O) groups excluding carboxylic acids is 1. The zero-order valence-corrected chi connectivity index (χ0v) is 8.62. The first-order chi connectivity index (χ1) is 7.27. The molecule has 0 saturated heterocycles. The quantitative estimate of drug-likeness (QED) is 0.555. The van der Waals surface area contributed by atoms with Gasteiger partial charge in [-0.2, -0.15) is 0 Å². The van der Waals surface area contributed by atoms with E-state index in [1.807, 2.05) is 7.05 Å². The lowest BCUT2D eigenvalue weighted by molar-refractivity contribution is 0.0944. The Balaban J connectivity index is 2.33. The molecule has 0 fully saturated rings. The van der Waals surface area contributed by atoms with Gasteiger partial charge in [-0.3, -0.25) is 4.79 Å². The Labute approximate surface area is 87.6 Å². The predicted octanol–water partition coefficient (Wildman–Crippen LogP) is -0.494. The number of carbonyl (C=O) groups is 1. The lowest BCUT2D eigenvalue weighted by atomic mass is 10.3. The molecule has 84 valence electrons. The highest BCUT2D eigenvalue weighted by atomic mass is 16.5. The third-order valence-corrected chi connectivity index (χ3v) is 1.84. The maximum Gasteiger partial charge on any atom is 0.273 e. The molecule has 6 nitrogen and oxygen atoms in total. The lowest BCUT2D eigenvalue weighted by Gasteiger charge is -2.01. The molecular formula is C9H15N3O3. The van der Waals surface area contributed by atoms with Crippen LogP contribution in [0.4, 0.5) is 0 Å². The van der Waals surface area contributed by atoms with Crippen LogP contribution in [-0.4, -0.2) is 36.3 Å². The molecule has 1 heterocycles. The van der Waals surface area contributed by atoms with Gasteiger partial charge in [0.15, 0.2) is 11.5 Å². The molecule has 1 aromatic heterocycles. The van der Waals surface area contributed by atoms with Crippen LogP contribution >= 0.6 is 0 Å². The molecule has 15 heavy (non-hydrogen) atoms. The summed E-state index contributed by atoms with van der Waals surface area (Å²) in [5, 5.41) is 17.9. The number of amides is 1. The first-order valence-corrected chi connectivity index (χ1v) is 4.77. The summed E-state index contributed by atoms with van der Waals surface area (Å²) in [4.78, 5) is 11.4. The summed E-state index contributed by atoms with van der Waals surface area (Å²) < 4.78 is 4.69. The van der Waals surface area contributed by atoms with Crippen LogP contribution in [0.5, 0.6) is 0 Å². The maximum absolute atomic E-state index is 11.4. The number of nitrogens with zero attached hydrogens (tertiary/aromatic N) is 1. The van der Waals surface area contributed by atoms with Crippen LogP contribution in [0, 0.1) is 0 Å². The number of aliphatic hydroxyl groups excluding tert-OH is 1. The van der Waals surface area contributed by atoms with Gasteiger partial charge in [-0.25, -0.2) is 0 Å². The minimum Gasteiger partial charge on any atom is -0.388 e. The number of aliphatic hydroxyl groups is 1. The van der Waals surface area contributed by atoms with E-state index in [2.05, 4.69) is 20.3 Å². The molecule has 1 aromatic rings. The van der Waals surface area contributed by atoms with Crippen molar-refractivity contribution in [2.75, 3.05) is 20.1 Å². The third-order valence-electron chi connectivity index (χ3n) is 1.84. The van der Waals surface area contributed by atoms with Crippen LogP contribution in [0.15, 0.2) is 10.6 Å². The molecule has 3 N–H and O–H groups in total. The summed E-state index contributed by atoms with van der Waals surface area (Å²) in [5.41, 5.74) is 0.198. The molecule has 0 saturated carbocycles. The van der Waals surface area contributed by atoms with E-state index in [-0.39, 0.29) is 24.0 Å². The van der Waals surface area contributed by atoms with Crippen molar-refractivity contribution in [1.82, 2.24) is 15.8 Å². The molecule has 6 heteroatoms. The minimum absolute atomic E-state index is 0.198. The normalized spacial score (nSPS) is 10.3. The van der Waals surface area contributed by atoms with Crippen molar-refractivity contribution in [2.45, 2.75) is 13.0 Å². The molecule has 0 atom stereocenters. The monoisotopic (exact) mass is 213 g/mol. The highest BCUT2D eigenvalue weighted by molar-refractivity contribution is 5.92. The zero-order chi connectivity index (χ0) is 11.1. The largest absolute Gasteiger partial charge is 0.388 e. The topological polar surface area (TPSA) is 87.4 Å². The van der Waals surface area contributed by atoms with Crippen LogP contribution in [0.3, 0.4) is 0 Å². The molecule has 0 aliphatic rings. The van der Waals surface area contributed by atoms with Gasteiger partial charge in [-0.15, -0.1) is 0 Å². The SMILES string of the molecule is CNCCCNC(=O)c1cc(CO)on1. The van der Waals surface area contributed by atoms with E-state index in [9.17, 15) is 4.79 Å². The van der Waals surface area contributed by atoms with Crippen LogP contribution in [0.25, 0.3) is 0 Å². The average Bonchev–Trinajstić information content (AvgIpc) is 2.72. The fourth-order valence-corrected chi connectivity index (χ4v) is 1.05. The van der Waals surface area contributed by atoms with Gasteiger partial charge in [0, 0.05) is 12.6 Å². The Bertz CT molecular complexity index is 311. The van der Waals surface area contributed by atoms with Crippen molar-refractivity contribution in [2.24, 2.45) is 0 Å². The van der Waals surface area contributed by atoms with Gasteiger partial charge >= 0.3 is 0 Å². The fourth-order valence-electron chi connectivity index (χ4n) is 1.05. The predicted molar refractivity (Wildman–Crippen MR) is 53.3 cm³/mol. The summed E-state index contributed by atoms with van der Waals surface area (Å²) in [7, 11) is 1.85. The Hall–Kier alpha value is -1.40. The van der Waals surface area contributed by atoms with E-state index < -0.39 is 0 Å². The number of nitrogens with one attached hydrogen (secondary N) is 2. The molecule has 1 rings (SSSR count). The molecule has 0 spiro atoms. The standard InChI is InChI=1S/C9H15N3O3/c1-10-3-2-4-11-9(14)8-5-7(6-13)15-12-8/h5,10,13H,2-4,6H2,1H3,(H,11,14). The molecule has 1 amide bonds. The first-order valence-electron chi connectivity index (χ1n) is 4.77. The van der Waals surface area contributed by atoms with Crippen molar-refractivity contribution >= 4 is 5.91 Å². The smallest absolute Gasteiger partial charge is 0.273 e. The average molecular weight is 213 g/mol. The summed E-state index contributed by atoms with van der Waals surface area (Å²) in [5.74, 6) is 0.00456. The van der Waals surface area contributed by atoms with Gasteiger partial charge in [0.2, 0.25) is 0 Å². The summed E-state index contributed by atoms with van der Waals surface area (Å²) in [6.07, 6.45) is 0.854. The molecule has 0 radical (unpaired) electrons. The van der Waals surface area contributed by atoms with Gasteiger partial charge in [-0.1, -0.05) is 5.16 Å². The molecule has 0 unspecified atom stereocenters. The van der Waals surface area contributed by atoms with Gasteiger partial charge in [0.25, 0.3) is 5.91 Å². The van der Waals surface area contributed by atoms with Gasteiger partial charge in [0.05, 0.1) is 0 Å². The second-order valence-electron chi connectivity index (χ2n) is 3.05. The second-order valence-corrected chi connectivity index (χ2v) is 3.05. The first kappa shape index (κ1) is 11.7. The van der Waals surface area contributed by atoms with E-state index in [0.29, 0.717) is 6.54 Å². The number of hydrogen-bond acceptors (Lipinski definition) is 5. The van der Waals surface area contributed by atoms with Crippen molar-refractivity contribution < 1.29 is 14.4 Å². The molecule has 0 bridgehead atoms. The Morgan fingerprint density at radius 2 is 2.40 bits per heavy atom. The Morgan fingerprint density at radius 1 is 1.60 bits per heavy atom. The third kappa shape index (κ3) is 3.69. The number of rotatable bonds is 6. The van der Waals surface area contributed by atoms with Crippen molar-refractivity contribution in [3.63, 3.8) is 0 Å². The van der Waals surface area contributed by atoms with E-state index in [4.69, 9.17) is 5.11 Å².